The highest BCUT2D eigenvalue weighted by atomic mass is 16.6. The van der Waals surface area contributed by atoms with E-state index < -0.39 is 43.2 Å². The number of carbonyl (C=O) groups excluding carboxylic acids is 1. The summed E-state index contributed by atoms with van der Waals surface area (Å²) in [6.07, 6.45) is -7.08. The maximum atomic E-state index is 12.2. The first kappa shape index (κ1) is 17.5. The molecular formula is C15H18N4O6. The lowest BCUT2D eigenvalue weighted by Crippen LogP contribution is -2.63. The molecule has 2 aromatic rings. The molecular weight excluding hydrogens is 332 g/mol. The number of nitrogens with zero attached hydrogens (tertiary/aromatic N) is 2. The second-order valence-electron chi connectivity index (χ2n) is 5.60. The summed E-state index contributed by atoms with van der Waals surface area (Å²) in [5, 5.41) is 47.3. The quantitative estimate of drug-likeness (QED) is 0.369. The second kappa shape index (κ2) is 7.25. The van der Waals surface area contributed by atoms with E-state index in [4.69, 9.17) is 9.84 Å². The molecule has 1 amide bonds. The van der Waals surface area contributed by atoms with Gasteiger partial charge in [-0.2, -0.15) is 5.10 Å². The zero-order valence-corrected chi connectivity index (χ0v) is 13.0. The Balaban J connectivity index is 1.71. The zero-order valence-electron chi connectivity index (χ0n) is 13.0. The van der Waals surface area contributed by atoms with Crippen LogP contribution >= 0.6 is 0 Å². The zero-order chi connectivity index (χ0) is 18.0. The molecule has 10 heteroatoms. The molecule has 0 aliphatic carbocycles. The molecule has 134 valence electrons. The molecule has 0 spiro atoms. The number of H-pyrrole nitrogens is 1. The SMILES string of the molecule is O=C(N[C@@H]1O[C@H](CO)[C@@H](O)[C@H](O)[C@H]1O)c1nc(-c2ccccc2)n[nH]1. The summed E-state index contributed by atoms with van der Waals surface area (Å²) in [5.74, 6) is -0.519. The van der Waals surface area contributed by atoms with Crippen LogP contribution in [0.1, 0.15) is 10.6 Å². The monoisotopic (exact) mass is 350 g/mol. The molecule has 1 aromatic heterocycles. The minimum absolute atomic E-state index is 0.115. The number of ether oxygens (including phenoxy) is 1. The number of amides is 1. The van der Waals surface area contributed by atoms with E-state index in [1.165, 1.54) is 0 Å². The van der Waals surface area contributed by atoms with Gasteiger partial charge in [-0.25, -0.2) is 4.98 Å². The highest BCUT2D eigenvalue weighted by molar-refractivity contribution is 5.91. The average Bonchev–Trinajstić information content (AvgIpc) is 3.13. The molecule has 1 aliphatic rings. The summed E-state index contributed by atoms with van der Waals surface area (Å²) in [5.41, 5.74) is 0.714. The molecule has 3 rings (SSSR count). The van der Waals surface area contributed by atoms with Gasteiger partial charge in [-0.05, 0) is 0 Å². The molecule has 1 saturated heterocycles. The molecule has 25 heavy (non-hydrogen) atoms. The maximum absolute atomic E-state index is 12.2. The number of nitrogens with one attached hydrogen (secondary N) is 2. The van der Waals surface area contributed by atoms with Gasteiger partial charge in [0, 0.05) is 5.56 Å². The lowest BCUT2D eigenvalue weighted by atomic mass is 9.98. The normalized spacial score (nSPS) is 29.4. The van der Waals surface area contributed by atoms with Crippen LogP contribution in [-0.2, 0) is 4.74 Å². The Morgan fingerprint density at radius 3 is 2.56 bits per heavy atom. The van der Waals surface area contributed by atoms with Crippen molar-refractivity contribution in [1.29, 1.82) is 0 Å². The predicted molar refractivity (Wildman–Crippen MR) is 83.1 cm³/mol. The maximum Gasteiger partial charge on any atom is 0.290 e. The van der Waals surface area contributed by atoms with Gasteiger partial charge in [-0.15, -0.1) is 0 Å². The van der Waals surface area contributed by atoms with Crippen LogP contribution in [0.25, 0.3) is 11.4 Å². The van der Waals surface area contributed by atoms with Crippen molar-refractivity contribution in [2.45, 2.75) is 30.6 Å². The Hall–Kier alpha value is -2.37. The Bertz CT molecular complexity index is 722. The smallest absolute Gasteiger partial charge is 0.290 e. The van der Waals surface area contributed by atoms with Gasteiger partial charge in [0.15, 0.2) is 12.1 Å². The van der Waals surface area contributed by atoms with Crippen molar-refractivity contribution in [2.24, 2.45) is 0 Å². The Labute approximate surface area is 142 Å². The van der Waals surface area contributed by atoms with Gasteiger partial charge in [0.05, 0.1) is 6.61 Å². The molecule has 0 unspecified atom stereocenters. The molecule has 6 N–H and O–H groups in total. The molecule has 5 atom stereocenters. The van der Waals surface area contributed by atoms with E-state index in [0.29, 0.717) is 11.4 Å². The summed E-state index contributed by atoms with van der Waals surface area (Å²) in [6.45, 7) is -0.586. The first-order chi connectivity index (χ1) is 12.0. The summed E-state index contributed by atoms with van der Waals surface area (Å²) in [6, 6.07) is 9.01. The van der Waals surface area contributed by atoms with Crippen LogP contribution in [0.5, 0.6) is 0 Å². The summed E-state index contributed by atoms with van der Waals surface area (Å²) < 4.78 is 5.21. The van der Waals surface area contributed by atoms with Crippen molar-refractivity contribution in [1.82, 2.24) is 20.5 Å². The average molecular weight is 350 g/mol. The van der Waals surface area contributed by atoms with Crippen LogP contribution in [0.4, 0.5) is 0 Å². The molecule has 1 aliphatic heterocycles. The van der Waals surface area contributed by atoms with Crippen molar-refractivity contribution in [3.8, 4) is 11.4 Å². The van der Waals surface area contributed by atoms with Crippen LogP contribution < -0.4 is 5.32 Å². The van der Waals surface area contributed by atoms with Gasteiger partial charge in [0.2, 0.25) is 5.82 Å². The largest absolute Gasteiger partial charge is 0.394 e. The number of aromatic amines is 1. The van der Waals surface area contributed by atoms with Crippen LogP contribution in [0.15, 0.2) is 30.3 Å². The van der Waals surface area contributed by atoms with Gasteiger partial charge < -0.3 is 30.5 Å². The van der Waals surface area contributed by atoms with Gasteiger partial charge in [0.25, 0.3) is 5.91 Å². The van der Waals surface area contributed by atoms with Gasteiger partial charge in [-0.1, -0.05) is 30.3 Å². The van der Waals surface area contributed by atoms with Crippen LogP contribution in [0.2, 0.25) is 0 Å². The number of benzene rings is 1. The topological polar surface area (TPSA) is 161 Å². The number of aliphatic hydroxyl groups excluding tert-OH is 4. The third-order valence-corrected chi connectivity index (χ3v) is 3.90. The van der Waals surface area contributed by atoms with E-state index in [9.17, 15) is 20.1 Å². The van der Waals surface area contributed by atoms with Gasteiger partial charge in [0.1, 0.15) is 24.4 Å². The highest BCUT2D eigenvalue weighted by Gasteiger charge is 2.44. The molecule has 10 nitrogen and oxygen atoms in total. The number of aromatic nitrogens is 3. The molecule has 1 aromatic carbocycles. The second-order valence-corrected chi connectivity index (χ2v) is 5.60. The van der Waals surface area contributed by atoms with Crippen molar-refractivity contribution < 1.29 is 30.0 Å². The Kier molecular flexibility index (Phi) is 5.06. The molecule has 1 fully saturated rings. The molecule has 0 radical (unpaired) electrons. The lowest BCUT2D eigenvalue weighted by Gasteiger charge is -2.39. The molecule has 0 bridgehead atoms. The van der Waals surface area contributed by atoms with Crippen molar-refractivity contribution in [3.05, 3.63) is 36.2 Å². The van der Waals surface area contributed by atoms with E-state index >= 15 is 0 Å². The van der Waals surface area contributed by atoms with Crippen molar-refractivity contribution >= 4 is 5.91 Å². The number of hydrogen-bond acceptors (Lipinski definition) is 8. The summed E-state index contributed by atoms with van der Waals surface area (Å²) >= 11 is 0. The fourth-order valence-corrected chi connectivity index (χ4v) is 2.50. The van der Waals surface area contributed by atoms with Crippen LogP contribution in [0, 0.1) is 0 Å². The minimum Gasteiger partial charge on any atom is -0.394 e. The number of carbonyl (C=O) groups is 1. The van der Waals surface area contributed by atoms with Gasteiger partial charge in [-0.3, -0.25) is 9.89 Å². The standard InChI is InChI=1S/C15H18N4O6/c20-6-8-9(21)10(22)11(23)15(25-8)17-14(24)13-16-12(18-19-13)7-4-2-1-3-5-7/h1-5,8-11,15,20-23H,6H2,(H,17,24)(H,16,18,19)/t8-,9-,10+,11-,15-/m1/s1. The fourth-order valence-electron chi connectivity index (χ4n) is 2.50. The number of aliphatic hydroxyl groups is 4. The Morgan fingerprint density at radius 2 is 1.88 bits per heavy atom. The molecule has 0 saturated carbocycles. The van der Waals surface area contributed by atoms with E-state index in [0.717, 1.165) is 0 Å². The van der Waals surface area contributed by atoms with Gasteiger partial charge >= 0.3 is 0 Å². The highest BCUT2D eigenvalue weighted by Crippen LogP contribution is 2.20. The van der Waals surface area contributed by atoms with Crippen molar-refractivity contribution in [2.75, 3.05) is 6.61 Å². The minimum atomic E-state index is -1.58. The number of rotatable bonds is 4. The summed E-state index contributed by atoms with van der Waals surface area (Å²) in [7, 11) is 0. The third kappa shape index (κ3) is 3.52. The number of hydrogen-bond donors (Lipinski definition) is 6. The predicted octanol–water partition coefficient (Wildman–Crippen LogP) is -2.00. The first-order valence-electron chi connectivity index (χ1n) is 7.60. The molecule has 2 heterocycles. The summed E-state index contributed by atoms with van der Waals surface area (Å²) in [4.78, 5) is 16.3. The van der Waals surface area contributed by atoms with Crippen LogP contribution in [0.3, 0.4) is 0 Å². The van der Waals surface area contributed by atoms with E-state index in [1.54, 1.807) is 24.3 Å². The fraction of sp³-hybridized carbons (Fsp3) is 0.400. The first-order valence-corrected chi connectivity index (χ1v) is 7.60. The van der Waals surface area contributed by atoms with E-state index in [2.05, 4.69) is 20.5 Å². The third-order valence-electron chi connectivity index (χ3n) is 3.90. The van der Waals surface area contributed by atoms with E-state index in [-0.39, 0.29) is 5.82 Å². The Morgan fingerprint density at radius 1 is 1.16 bits per heavy atom. The van der Waals surface area contributed by atoms with Crippen molar-refractivity contribution in [3.63, 3.8) is 0 Å². The lowest BCUT2D eigenvalue weighted by molar-refractivity contribution is -0.233. The van der Waals surface area contributed by atoms with E-state index in [1.807, 2.05) is 6.07 Å². The van der Waals surface area contributed by atoms with Crippen LogP contribution in [-0.4, -0.2) is 78.8 Å².